The molecule has 8 heteroatoms. The summed E-state index contributed by atoms with van der Waals surface area (Å²) in [7, 11) is 0. The van der Waals surface area contributed by atoms with Crippen molar-refractivity contribution in [2.75, 3.05) is 0 Å². The zero-order valence-corrected chi connectivity index (χ0v) is 10.2. The maximum atomic E-state index is 12.4. The lowest BCUT2D eigenvalue weighted by molar-refractivity contribution is -0.138. The van der Waals surface area contributed by atoms with Crippen LogP contribution in [0.3, 0.4) is 0 Å². The molecule has 0 radical (unpaired) electrons. The summed E-state index contributed by atoms with van der Waals surface area (Å²) >= 11 is 7.65. The Bertz CT molecular complexity index is 411. The van der Waals surface area contributed by atoms with Gasteiger partial charge in [0.05, 0.1) is 5.56 Å². The van der Waals surface area contributed by atoms with Crippen molar-refractivity contribution >= 4 is 27.5 Å². The monoisotopic (exact) mass is 340 g/mol. The van der Waals surface area contributed by atoms with Crippen LogP contribution in [0.4, 0.5) is 26.3 Å². The number of halogens is 8. The van der Waals surface area contributed by atoms with Crippen LogP contribution in [0.5, 0.6) is 0 Å². The Hall–Kier alpha value is -0.430. The van der Waals surface area contributed by atoms with Gasteiger partial charge in [0.1, 0.15) is 4.83 Å². The van der Waals surface area contributed by atoms with Gasteiger partial charge in [0.2, 0.25) is 0 Å². The molecule has 0 amide bonds. The first-order chi connectivity index (χ1) is 7.51. The standard InChI is InChI=1S/C9H4BrClF6/c10-7(9(15,16)17)4-1-5(8(12,13)14)3-6(11)2-4/h1-3,7H. The summed E-state index contributed by atoms with van der Waals surface area (Å²) in [4.78, 5) is -2.19. The van der Waals surface area contributed by atoms with E-state index in [1.807, 2.05) is 0 Å². The van der Waals surface area contributed by atoms with E-state index in [1.165, 1.54) is 0 Å². The Morgan fingerprint density at radius 3 is 1.94 bits per heavy atom. The normalized spacial score (nSPS) is 14.8. The summed E-state index contributed by atoms with van der Waals surface area (Å²) in [6.45, 7) is 0. The molecule has 0 N–H and O–H groups in total. The average Bonchev–Trinajstić information content (AvgIpc) is 2.12. The number of rotatable bonds is 1. The number of benzene rings is 1. The second-order valence-electron chi connectivity index (χ2n) is 3.18. The number of alkyl halides is 7. The lowest BCUT2D eigenvalue weighted by atomic mass is 10.1. The summed E-state index contributed by atoms with van der Waals surface area (Å²) in [6.07, 6.45) is -9.43. The van der Waals surface area contributed by atoms with Gasteiger partial charge in [-0.15, -0.1) is 0 Å². The van der Waals surface area contributed by atoms with E-state index in [0.29, 0.717) is 12.1 Å². The molecular weight excluding hydrogens is 337 g/mol. The van der Waals surface area contributed by atoms with Gasteiger partial charge < -0.3 is 0 Å². The van der Waals surface area contributed by atoms with Crippen molar-refractivity contribution in [2.24, 2.45) is 0 Å². The SMILES string of the molecule is FC(F)(F)c1cc(Cl)cc(C(Br)C(F)(F)F)c1. The molecule has 0 saturated carbocycles. The molecule has 17 heavy (non-hydrogen) atoms. The van der Waals surface area contributed by atoms with Gasteiger partial charge in [0.25, 0.3) is 0 Å². The van der Waals surface area contributed by atoms with Crippen molar-refractivity contribution < 1.29 is 26.3 Å². The van der Waals surface area contributed by atoms with Crippen LogP contribution >= 0.6 is 27.5 Å². The fourth-order valence-corrected chi connectivity index (χ4v) is 1.62. The fraction of sp³-hybridized carbons (Fsp3) is 0.333. The minimum absolute atomic E-state index is 0.400. The molecule has 1 atom stereocenters. The summed E-state index contributed by atoms with van der Waals surface area (Å²) in [5, 5.41) is -0.400. The van der Waals surface area contributed by atoms with Crippen LogP contribution in [0.15, 0.2) is 18.2 Å². The maximum Gasteiger partial charge on any atom is 0.416 e. The second-order valence-corrected chi connectivity index (χ2v) is 4.53. The minimum atomic E-state index is -4.74. The largest absolute Gasteiger partial charge is 0.416 e. The Labute approximate surface area is 106 Å². The van der Waals surface area contributed by atoms with Gasteiger partial charge in [-0.25, -0.2) is 0 Å². The van der Waals surface area contributed by atoms with Crippen LogP contribution in [0, 0.1) is 0 Å². The van der Waals surface area contributed by atoms with Gasteiger partial charge in [-0.05, 0) is 23.8 Å². The molecule has 0 aliphatic carbocycles. The van der Waals surface area contributed by atoms with E-state index in [-0.39, 0.29) is 0 Å². The molecule has 0 nitrogen and oxygen atoms in total. The van der Waals surface area contributed by atoms with Crippen LogP contribution in [-0.2, 0) is 6.18 Å². The van der Waals surface area contributed by atoms with Crippen LogP contribution in [0.1, 0.15) is 16.0 Å². The third-order valence-electron chi connectivity index (χ3n) is 1.83. The first kappa shape index (κ1) is 14.6. The van der Waals surface area contributed by atoms with Gasteiger partial charge in [-0.2, -0.15) is 26.3 Å². The van der Waals surface area contributed by atoms with E-state index >= 15 is 0 Å². The summed E-state index contributed by atoms with van der Waals surface area (Å²) in [5.74, 6) is 0. The van der Waals surface area contributed by atoms with Gasteiger partial charge in [-0.3, -0.25) is 0 Å². The quantitative estimate of drug-likeness (QED) is 0.477. The van der Waals surface area contributed by atoms with Crippen LogP contribution in [0.25, 0.3) is 0 Å². The lowest BCUT2D eigenvalue weighted by Crippen LogP contribution is -2.16. The highest BCUT2D eigenvalue weighted by atomic mass is 79.9. The zero-order valence-electron chi connectivity index (χ0n) is 7.83. The van der Waals surface area contributed by atoms with E-state index < -0.39 is 33.3 Å². The fourth-order valence-electron chi connectivity index (χ4n) is 1.11. The highest BCUT2D eigenvalue weighted by Crippen LogP contribution is 2.42. The maximum absolute atomic E-state index is 12.4. The van der Waals surface area contributed by atoms with Crippen molar-refractivity contribution in [3.63, 3.8) is 0 Å². The first-order valence-corrected chi connectivity index (χ1v) is 5.39. The Morgan fingerprint density at radius 1 is 1.00 bits per heavy atom. The van der Waals surface area contributed by atoms with Crippen molar-refractivity contribution in [3.05, 3.63) is 34.3 Å². The van der Waals surface area contributed by atoms with Crippen LogP contribution in [0.2, 0.25) is 5.02 Å². The zero-order chi connectivity index (χ0) is 13.4. The Kier molecular flexibility index (Phi) is 4.03. The molecule has 0 fully saturated rings. The molecule has 0 spiro atoms. The Morgan fingerprint density at radius 2 is 1.53 bits per heavy atom. The molecule has 0 aliphatic rings. The number of hydrogen-bond donors (Lipinski definition) is 0. The molecule has 1 rings (SSSR count). The van der Waals surface area contributed by atoms with Crippen molar-refractivity contribution in [2.45, 2.75) is 17.2 Å². The van der Waals surface area contributed by atoms with E-state index in [1.54, 1.807) is 0 Å². The minimum Gasteiger partial charge on any atom is -0.169 e. The molecule has 0 aliphatic heterocycles. The smallest absolute Gasteiger partial charge is 0.169 e. The van der Waals surface area contributed by atoms with E-state index in [9.17, 15) is 26.3 Å². The molecule has 1 aromatic rings. The van der Waals surface area contributed by atoms with Crippen molar-refractivity contribution in [1.29, 1.82) is 0 Å². The summed E-state index contributed by atoms with van der Waals surface area (Å²) in [6, 6.07) is 1.82. The van der Waals surface area contributed by atoms with Crippen molar-refractivity contribution in [3.8, 4) is 0 Å². The van der Waals surface area contributed by atoms with Crippen molar-refractivity contribution in [1.82, 2.24) is 0 Å². The highest BCUT2D eigenvalue weighted by molar-refractivity contribution is 9.09. The third-order valence-corrected chi connectivity index (χ3v) is 3.09. The molecule has 0 bridgehead atoms. The Balaban J connectivity index is 3.24. The first-order valence-electron chi connectivity index (χ1n) is 4.10. The molecule has 1 aromatic carbocycles. The van der Waals surface area contributed by atoms with E-state index in [0.717, 1.165) is 6.07 Å². The van der Waals surface area contributed by atoms with Crippen LogP contribution in [-0.4, -0.2) is 6.18 Å². The van der Waals surface area contributed by atoms with E-state index in [2.05, 4.69) is 15.9 Å². The van der Waals surface area contributed by atoms with E-state index in [4.69, 9.17) is 11.6 Å². The molecule has 1 unspecified atom stereocenters. The molecule has 96 valence electrons. The molecular formula is C9H4BrClF6. The predicted molar refractivity (Wildman–Crippen MR) is 54.2 cm³/mol. The lowest BCUT2D eigenvalue weighted by Gasteiger charge is -2.16. The van der Waals surface area contributed by atoms with Gasteiger partial charge in [-0.1, -0.05) is 27.5 Å². The summed E-state index contributed by atoms with van der Waals surface area (Å²) < 4.78 is 74.0. The predicted octanol–water partition coefficient (Wildman–Crippen LogP) is 5.36. The summed E-state index contributed by atoms with van der Waals surface area (Å²) in [5.41, 5.74) is -1.80. The molecule has 0 aromatic heterocycles. The van der Waals surface area contributed by atoms with Gasteiger partial charge in [0.15, 0.2) is 0 Å². The second kappa shape index (κ2) is 4.68. The third kappa shape index (κ3) is 3.77. The van der Waals surface area contributed by atoms with Gasteiger partial charge in [0, 0.05) is 5.02 Å². The van der Waals surface area contributed by atoms with Crippen LogP contribution < -0.4 is 0 Å². The molecule has 0 heterocycles. The van der Waals surface area contributed by atoms with Gasteiger partial charge >= 0.3 is 12.4 Å². The topological polar surface area (TPSA) is 0 Å². The number of hydrogen-bond acceptors (Lipinski definition) is 0. The highest BCUT2D eigenvalue weighted by Gasteiger charge is 2.40. The average molecular weight is 341 g/mol. The molecule has 0 saturated heterocycles.